The van der Waals surface area contributed by atoms with Gasteiger partial charge in [0.25, 0.3) is 0 Å². The van der Waals surface area contributed by atoms with E-state index in [1.54, 1.807) is 0 Å². The van der Waals surface area contributed by atoms with Crippen LogP contribution in [0.4, 0.5) is 0 Å². The predicted molar refractivity (Wildman–Crippen MR) is 113 cm³/mol. The topological polar surface area (TPSA) is 23.8 Å². The van der Waals surface area contributed by atoms with E-state index in [0.717, 1.165) is 17.8 Å². The highest BCUT2D eigenvalue weighted by Crippen LogP contribution is 2.51. The highest BCUT2D eigenvalue weighted by atomic mass is 14.5. The Morgan fingerprint density at radius 2 is 1.42 bits per heavy atom. The van der Waals surface area contributed by atoms with E-state index in [2.05, 4.69) is 26.8 Å². The SMILES string of the molecule is CCCCCC1CCC(C2CCC(CCCCC)(C(C)C#N)CC2)CC1. The molecule has 0 saturated heterocycles. The summed E-state index contributed by atoms with van der Waals surface area (Å²) in [5.41, 5.74) is 0.345. The molecule has 0 amide bonds. The zero-order valence-corrected chi connectivity index (χ0v) is 18.1. The molecule has 0 spiro atoms. The summed E-state index contributed by atoms with van der Waals surface area (Å²) in [6.07, 6.45) is 22.5. The van der Waals surface area contributed by atoms with Crippen LogP contribution in [-0.4, -0.2) is 0 Å². The Morgan fingerprint density at radius 3 is 2.00 bits per heavy atom. The first kappa shape index (κ1) is 21.8. The molecule has 2 aliphatic rings. The molecule has 1 atom stereocenters. The smallest absolute Gasteiger partial charge is 0.0658 e. The molecule has 0 aliphatic heterocycles. The Labute approximate surface area is 164 Å². The van der Waals surface area contributed by atoms with Crippen molar-refractivity contribution in [1.29, 1.82) is 5.26 Å². The third kappa shape index (κ3) is 6.00. The van der Waals surface area contributed by atoms with Crippen molar-refractivity contribution in [3.8, 4) is 6.07 Å². The van der Waals surface area contributed by atoms with Crippen LogP contribution in [0, 0.1) is 40.4 Å². The van der Waals surface area contributed by atoms with Crippen LogP contribution in [-0.2, 0) is 0 Å². The molecule has 150 valence electrons. The summed E-state index contributed by atoms with van der Waals surface area (Å²) in [5, 5.41) is 9.59. The van der Waals surface area contributed by atoms with E-state index in [-0.39, 0.29) is 5.92 Å². The normalized spacial score (nSPS) is 33.5. The Morgan fingerprint density at radius 1 is 0.846 bits per heavy atom. The van der Waals surface area contributed by atoms with Crippen LogP contribution in [0.15, 0.2) is 0 Å². The van der Waals surface area contributed by atoms with Gasteiger partial charge in [-0.2, -0.15) is 5.26 Å². The van der Waals surface area contributed by atoms with Gasteiger partial charge in [0.1, 0.15) is 0 Å². The van der Waals surface area contributed by atoms with Gasteiger partial charge >= 0.3 is 0 Å². The third-order valence-corrected chi connectivity index (χ3v) is 8.19. The molecule has 0 radical (unpaired) electrons. The third-order valence-electron chi connectivity index (χ3n) is 8.19. The van der Waals surface area contributed by atoms with Gasteiger partial charge in [-0.05, 0) is 75.0 Å². The zero-order chi connectivity index (χ0) is 18.8. The van der Waals surface area contributed by atoms with E-state index in [1.807, 2.05) is 0 Å². The molecule has 0 aromatic rings. The summed E-state index contributed by atoms with van der Waals surface area (Å²) < 4.78 is 0. The lowest BCUT2D eigenvalue weighted by Crippen LogP contribution is -2.36. The molecular formula is C25H45N. The van der Waals surface area contributed by atoms with Crippen LogP contribution in [0.1, 0.15) is 124 Å². The molecular weight excluding hydrogens is 314 g/mol. The van der Waals surface area contributed by atoms with E-state index < -0.39 is 0 Å². The van der Waals surface area contributed by atoms with Crippen LogP contribution in [0.3, 0.4) is 0 Å². The number of nitriles is 1. The molecule has 0 aromatic heterocycles. The molecule has 0 N–H and O–H groups in total. The molecule has 1 unspecified atom stereocenters. The fourth-order valence-corrected chi connectivity index (χ4v) is 6.08. The number of hydrogen-bond donors (Lipinski definition) is 0. The van der Waals surface area contributed by atoms with Crippen molar-refractivity contribution in [2.24, 2.45) is 29.1 Å². The Balaban J connectivity index is 1.78. The maximum Gasteiger partial charge on any atom is 0.0658 e. The second-order valence-corrected chi connectivity index (χ2v) is 9.78. The summed E-state index contributed by atoms with van der Waals surface area (Å²) in [5.74, 6) is 3.25. The van der Waals surface area contributed by atoms with E-state index in [9.17, 15) is 5.26 Å². The maximum atomic E-state index is 9.59. The van der Waals surface area contributed by atoms with Gasteiger partial charge in [0, 0.05) is 5.92 Å². The summed E-state index contributed by atoms with van der Waals surface area (Å²) in [6, 6.07) is 2.63. The van der Waals surface area contributed by atoms with Crippen LogP contribution >= 0.6 is 0 Å². The van der Waals surface area contributed by atoms with Crippen LogP contribution in [0.2, 0.25) is 0 Å². The number of rotatable bonds is 10. The first-order valence-electron chi connectivity index (χ1n) is 12.0. The molecule has 2 saturated carbocycles. The van der Waals surface area contributed by atoms with Crippen molar-refractivity contribution in [3.63, 3.8) is 0 Å². The summed E-state index contributed by atoms with van der Waals surface area (Å²) in [7, 11) is 0. The van der Waals surface area contributed by atoms with Gasteiger partial charge in [-0.1, -0.05) is 71.6 Å². The van der Waals surface area contributed by atoms with Gasteiger partial charge in [-0.15, -0.1) is 0 Å². The van der Waals surface area contributed by atoms with E-state index in [1.165, 1.54) is 103 Å². The molecule has 2 aliphatic carbocycles. The molecule has 0 heterocycles. The fraction of sp³-hybridized carbons (Fsp3) is 0.960. The lowest BCUT2D eigenvalue weighted by atomic mass is 9.59. The largest absolute Gasteiger partial charge is 0.198 e. The lowest BCUT2D eigenvalue weighted by Gasteiger charge is -2.45. The maximum absolute atomic E-state index is 9.59. The monoisotopic (exact) mass is 359 g/mol. The molecule has 1 nitrogen and oxygen atoms in total. The van der Waals surface area contributed by atoms with Crippen LogP contribution < -0.4 is 0 Å². The van der Waals surface area contributed by atoms with Crippen molar-refractivity contribution in [2.45, 2.75) is 124 Å². The molecule has 0 aromatic carbocycles. The molecule has 26 heavy (non-hydrogen) atoms. The van der Waals surface area contributed by atoms with Crippen molar-refractivity contribution in [1.82, 2.24) is 0 Å². The molecule has 2 rings (SSSR count). The second kappa shape index (κ2) is 11.4. The van der Waals surface area contributed by atoms with E-state index in [0.29, 0.717) is 5.41 Å². The Kier molecular flexibility index (Phi) is 9.52. The summed E-state index contributed by atoms with van der Waals surface area (Å²) >= 11 is 0. The zero-order valence-electron chi connectivity index (χ0n) is 18.1. The molecule has 0 bridgehead atoms. The summed E-state index contributed by atoms with van der Waals surface area (Å²) in [4.78, 5) is 0. The van der Waals surface area contributed by atoms with Crippen LogP contribution in [0.25, 0.3) is 0 Å². The van der Waals surface area contributed by atoms with E-state index in [4.69, 9.17) is 0 Å². The molecule has 2 fully saturated rings. The van der Waals surface area contributed by atoms with Gasteiger partial charge < -0.3 is 0 Å². The Bertz CT molecular complexity index is 404. The highest BCUT2D eigenvalue weighted by Gasteiger charge is 2.41. The van der Waals surface area contributed by atoms with E-state index >= 15 is 0 Å². The average molecular weight is 360 g/mol. The van der Waals surface area contributed by atoms with Gasteiger partial charge in [-0.25, -0.2) is 0 Å². The first-order chi connectivity index (χ1) is 12.6. The first-order valence-corrected chi connectivity index (χ1v) is 12.0. The minimum Gasteiger partial charge on any atom is -0.198 e. The van der Waals surface area contributed by atoms with Gasteiger partial charge in [-0.3, -0.25) is 0 Å². The Hall–Kier alpha value is -0.510. The van der Waals surface area contributed by atoms with Crippen molar-refractivity contribution in [2.75, 3.05) is 0 Å². The highest BCUT2D eigenvalue weighted by molar-refractivity contribution is 4.99. The van der Waals surface area contributed by atoms with Gasteiger partial charge in [0.15, 0.2) is 0 Å². The lowest BCUT2D eigenvalue weighted by molar-refractivity contribution is 0.0587. The summed E-state index contributed by atoms with van der Waals surface area (Å²) in [6.45, 7) is 6.80. The average Bonchev–Trinajstić information content (AvgIpc) is 2.69. The van der Waals surface area contributed by atoms with Crippen molar-refractivity contribution >= 4 is 0 Å². The second-order valence-electron chi connectivity index (χ2n) is 9.78. The molecule has 1 heteroatoms. The van der Waals surface area contributed by atoms with Gasteiger partial charge in [0.05, 0.1) is 6.07 Å². The number of hydrogen-bond acceptors (Lipinski definition) is 1. The fourth-order valence-electron chi connectivity index (χ4n) is 6.08. The standard InChI is InChI=1S/C25H45N/c1-4-6-8-10-22-11-13-23(14-12-22)24-15-18-25(19-16-24,21(3)20-26)17-9-7-5-2/h21-24H,4-19H2,1-3H3. The van der Waals surface area contributed by atoms with Crippen molar-refractivity contribution < 1.29 is 0 Å². The van der Waals surface area contributed by atoms with Gasteiger partial charge in [0.2, 0.25) is 0 Å². The van der Waals surface area contributed by atoms with Crippen molar-refractivity contribution in [3.05, 3.63) is 0 Å². The predicted octanol–water partition coefficient (Wildman–Crippen LogP) is 8.29. The van der Waals surface area contributed by atoms with Crippen LogP contribution in [0.5, 0.6) is 0 Å². The number of nitrogens with zero attached hydrogens (tertiary/aromatic N) is 1. The minimum atomic E-state index is 0.245. The quantitative estimate of drug-likeness (QED) is 0.360. The number of unbranched alkanes of at least 4 members (excludes halogenated alkanes) is 4. The minimum absolute atomic E-state index is 0.245.